The molecular weight excluding hydrogens is 238 g/mol. The van der Waals surface area contributed by atoms with E-state index in [0.717, 1.165) is 19.0 Å². The van der Waals surface area contributed by atoms with Crippen molar-refractivity contribution in [2.24, 2.45) is 11.7 Å². The van der Waals surface area contributed by atoms with Crippen LogP contribution in [0.5, 0.6) is 0 Å². The lowest BCUT2D eigenvalue weighted by Crippen LogP contribution is -2.61. The zero-order valence-corrected chi connectivity index (χ0v) is 12.0. The third-order valence-corrected chi connectivity index (χ3v) is 5.29. The minimum Gasteiger partial charge on any atom is -0.368 e. The maximum atomic E-state index is 11.9. The SMILES string of the molecule is CC(CN1CCC2CCCCC21)(NC1CC1)C(N)=O. The first-order valence-electron chi connectivity index (χ1n) is 7.90. The maximum Gasteiger partial charge on any atom is 0.238 e. The van der Waals surface area contributed by atoms with Gasteiger partial charge in [-0.05, 0) is 51.5 Å². The summed E-state index contributed by atoms with van der Waals surface area (Å²) in [6, 6.07) is 1.22. The molecule has 0 aromatic heterocycles. The van der Waals surface area contributed by atoms with Gasteiger partial charge in [0.25, 0.3) is 0 Å². The van der Waals surface area contributed by atoms with Crippen LogP contribution < -0.4 is 11.1 Å². The Bertz CT molecular complexity index is 355. The summed E-state index contributed by atoms with van der Waals surface area (Å²) < 4.78 is 0. The third kappa shape index (κ3) is 2.79. The van der Waals surface area contributed by atoms with Crippen molar-refractivity contribution in [1.82, 2.24) is 10.2 Å². The fourth-order valence-electron chi connectivity index (χ4n) is 3.98. The topological polar surface area (TPSA) is 58.4 Å². The van der Waals surface area contributed by atoms with Gasteiger partial charge in [0.1, 0.15) is 5.54 Å². The van der Waals surface area contributed by atoms with E-state index < -0.39 is 5.54 Å². The molecule has 0 spiro atoms. The van der Waals surface area contributed by atoms with Gasteiger partial charge >= 0.3 is 0 Å². The van der Waals surface area contributed by atoms with Gasteiger partial charge in [0, 0.05) is 18.6 Å². The summed E-state index contributed by atoms with van der Waals surface area (Å²) in [4.78, 5) is 14.4. The quantitative estimate of drug-likeness (QED) is 0.786. The standard InChI is InChI=1S/C15H27N3O/c1-15(14(16)19,17-12-6-7-12)10-18-9-8-11-4-2-3-5-13(11)18/h11-13,17H,2-10H2,1H3,(H2,16,19). The molecule has 2 saturated carbocycles. The van der Waals surface area contributed by atoms with Gasteiger partial charge in [0.2, 0.25) is 5.91 Å². The Labute approximate surface area is 116 Å². The Morgan fingerprint density at radius 3 is 2.68 bits per heavy atom. The van der Waals surface area contributed by atoms with Crippen LogP contribution in [0.3, 0.4) is 0 Å². The monoisotopic (exact) mass is 265 g/mol. The van der Waals surface area contributed by atoms with Crippen molar-refractivity contribution < 1.29 is 4.79 Å². The second-order valence-electron chi connectivity index (χ2n) is 6.99. The molecule has 1 aliphatic heterocycles. The summed E-state index contributed by atoms with van der Waals surface area (Å²) >= 11 is 0. The van der Waals surface area contributed by atoms with Gasteiger partial charge in [-0.2, -0.15) is 0 Å². The van der Waals surface area contributed by atoms with Crippen molar-refractivity contribution in [3.63, 3.8) is 0 Å². The van der Waals surface area contributed by atoms with E-state index in [1.165, 1.54) is 44.9 Å². The molecule has 3 rings (SSSR count). The fourth-order valence-corrected chi connectivity index (χ4v) is 3.98. The zero-order chi connectivity index (χ0) is 13.5. The Hall–Kier alpha value is -0.610. The Morgan fingerprint density at radius 2 is 2.00 bits per heavy atom. The molecule has 3 unspecified atom stereocenters. The van der Waals surface area contributed by atoms with Crippen LogP contribution >= 0.6 is 0 Å². The van der Waals surface area contributed by atoms with Crippen LogP contribution in [0.15, 0.2) is 0 Å². The first-order chi connectivity index (χ1) is 9.08. The summed E-state index contributed by atoms with van der Waals surface area (Å²) in [7, 11) is 0. The molecule has 0 aromatic rings. The number of fused-ring (bicyclic) bond motifs is 1. The summed E-state index contributed by atoms with van der Waals surface area (Å²) in [6.07, 6.45) is 9.11. The number of amides is 1. The van der Waals surface area contributed by atoms with E-state index in [9.17, 15) is 4.79 Å². The number of carbonyl (C=O) groups is 1. The summed E-state index contributed by atoms with van der Waals surface area (Å²) in [5.41, 5.74) is 5.12. The molecule has 1 saturated heterocycles. The molecule has 3 atom stereocenters. The number of hydrogen-bond donors (Lipinski definition) is 2. The summed E-state index contributed by atoms with van der Waals surface area (Å²) in [6.45, 7) is 3.92. The van der Waals surface area contributed by atoms with Crippen molar-refractivity contribution >= 4 is 5.91 Å². The van der Waals surface area contributed by atoms with Crippen LogP contribution in [0.1, 0.15) is 51.9 Å². The van der Waals surface area contributed by atoms with E-state index in [-0.39, 0.29) is 5.91 Å². The molecule has 1 amide bonds. The second kappa shape index (κ2) is 5.06. The van der Waals surface area contributed by atoms with Crippen molar-refractivity contribution in [2.45, 2.75) is 69.5 Å². The molecule has 4 heteroatoms. The maximum absolute atomic E-state index is 11.9. The van der Waals surface area contributed by atoms with Crippen molar-refractivity contribution in [3.8, 4) is 0 Å². The van der Waals surface area contributed by atoms with E-state index in [0.29, 0.717) is 12.1 Å². The van der Waals surface area contributed by atoms with Gasteiger partial charge in [-0.15, -0.1) is 0 Å². The lowest BCUT2D eigenvalue weighted by atomic mass is 9.85. The highest BCUT2D eigenvalue weighted by Gasteiger charge is 2.43. The predicted octanol–water partition coefficient (Wildman–Crippen LogP) is 1.25. The minimum atomic E-state index is -0.548. The molecule has 3 fully saturated rings. The first kappa shape index (κ1) is 13.4. The smallest absolute Gasteiger partial charge is 0.238 e. The molecule has 4 nitrogen and oxygen atoms in total. The number of rotatable bonds is 5. The van der Waals surface area contributed by atoms with Gasteiger partial charge in [0.05, 0.1) is 0 Å². The molecule has 108 valence electrons. The van der Waals surface area contributed by atoms with Crippen molar-refractivity contribution in [2.75, 3.05) is 13.1 Å². The average molecular weight is 265 g/mol. The second-order valence-corrected chi connectivity index (χ2v) is 6.99. The molecule has 0 radical (unpaired) electrons. The highest BCUT2D eigenvalue weighted by molar-refractivity contribution is 5.84. The van der Waals surface area contributed by atoms with Gasteiger partial charge in [-0.3, -0.25) is 15.0 Å². The predicted molar refractivity (Wildman–Crippen MR) is 75.7 cm³/mol. The normalized spacial score (nSPS) is 34.8. The average Bonchev–Trinajstić information content (AvgIpc) is 3.10. The largest absolute Gasteiger partial charge is 0.368 e. The molecule has 1 heterocycles. The number of nitrogens with one attached hydrogen (secondary N) is 1. The molecule has 0 aromatic carbocycles. The van der Waals surface area contributed by atoms with Gasteiger partial charge in [0.15, 0.2) is 0 Å². The van der Waals surface area contributed by atoms with Crippen LogP contribution in [0, 0.1) is 5.92 Å². The number of hydrogen-bond acceptors (Lipinski definition) is 3. The Balaban J connectivity index is 1.66. The fraction of sp³-hybridized carbons (Fsp3) is 0.933. The van der Waals surface area contributed by atoms with Gasteiger partial charge in [-0.1, -0.05) is 12.8 Å². The zero-order valence-electron chi connectivity index (χ0n) is 12.0. The lowest BCUT2D eigenvalue weighted by molar-refractivity contribution is -0.124. The van der Waals surface area contributed by atoms with Crippen LogP contribution in [-0.2, 0) is 4.79 Å². The van der Waals surface area contributed by atoms with E-state index in [1.807, 2.05) is 6.92 Å². The molecule has 3 N–H and O–H groups in total. The Morgan fingerprint density at radius 1 is 1.26 bits per heavy atom. The number of carbonyl (C=O) groups excluding carboxylic acids is 1. The van der Waals surface area contributed by atoms with Crippen molar-refractivity contribution in [3.05, 3.63) is 0 Å². The van der Waals surface area contributed by atoms with E-state index in [1.54, 1.807) is 0 Å². The number of primary amides is 1. The van der Waals surface area contributed by atoms with Gasteiger partial charge in [-0.25, -0.2) is 0 Å². The van der Waals surface area contributed by atoms with Crippen LogP contribution in [0.25, 0.3) is 0 Å². The minimum absolute atomic E-state index is 0.196. The Kier molecular flexibility index (Phi) is 3.56. The molecule has 3 aliphatic rings. The van der Waals surface area contributed by atoms with Crippen LogP contribution in [0.2, 0.25) is 0 Å². The highest BCUT2D eigenvalue weighted by atomic mass is 16.1. The molecule has 19 heavy (non-hydrogen) atoms. The molecular formula is C15H27N3O. The summed E-state index contributed by atoms with van der Waals surface area (Å²) in [5, 5.41) is 3.47. The lowest BCUT2D eigenvalue weighted by Gasteiger charge is -2.37. The first-order valence-corrected chi connectivity index (χ1v) is 7.90. The van der Waals surface area contributed by atoms with Crippen LogP contribution in [0.4, 0.5) is 0 Å². The third-order valence-electron chi connectivity index (χ3n) is 5.29. The van der Waals surface area contributed by atoms with E-state index in [2.05, 4.69) is 10.2 Å². The van der Waals surface area contributed by atoms with Crippen LogP contribution in [-0.4, -0.2) is 41.5 Å². The van der Waals surface area contributed by atoms with E-state index >= 15 is 0 Å². The highest BCUT2D eigenvalue weighted by Crippen LogP contribution is 2.37. The van der Waals surface area contributed by atoms with E-state index in [4.69, 9.17) is 5.73 Å². The summed E-state index contributed by atoms with van der Waals surface area (Å²) in [5.74, 6) is 0.672. The number of nitrogens with zero attached hydrogens (tertiary/aromatic N) is 1. The molecule has 2 aliphatic carbocycles. The number of likely N-dealkylation sites (tertiary alicyclic amines) is 1. The molecule has 0 bridgehead atoms. The van der Waals surface area contributed by atoms with Gasteiger partial charge < -0.3 is 5.73 Å². The number of nitrogens with two attached hydrogens (primary N) is 1. The van der Waals surface area contributed by atoms with Crippen molar-refractivity contribution in [1.29, 1.82) is 0 Å².